The van der Waals surface area contributed by atoms with E-state index in [2.05, 4.69) is 11.9 Å². The molecule has 0 aliphatic carbocycles. The first-order chi connectivity index (χ1) is 6.68. The Balaban J connectivity index is 0.000000146. The van der Waals surface area contributed by atoms with E-state index >= 15 is 0 Å². The minimum absolute atomic E-state index is 0.704. The van der Waals surface area contributed by atoms with Gasteiger partial charge in [-0.05, 0) is 25.6 Å². The summed E-state index contributed by atoms with van der Waals surface area (Å²) >= 11 is 0. The molecule has 0 unspecified atom stereocenters. The Morgan fingerprint density at radius 1 is 1.36 bits per heavy atom. The lowest BCUT2D eigenvalue weighted by atomic mass is 10.2. The molecule has 2 rings (SSSR count). The van der Waals surface area contributed by atoms with Crippen molar-refractivity contribution in [3.8, 4) is 0 Å². The molecule has 3 N–H and O–H groups in total. The van der Waals surface area contributed by atoms with Crippen molar-refractivity contribution in [2.75, 3.05) is 18.9 Å². The monoisotopic (exact) mass is 192 g/mol. The molecule has 0 atom stereocenters. The standard InChI is InChI=1S/C7H9N.C4H7NO/c1-6-2-4-7(8)5-3-6;1-4-5-2-3-6-4/h2-5H,8H2,1H3;5H,1-3H2. The van der Waals surface area contributed by atoms with Crippen molar-refractivity contribution in [2.45, 2.75) is 6.92 Å². The Kier molecular flexibility index (Phi) is 3.85. The first-order valence-electron chi connectivity index (χ1n) is 4.56. The zero-order chi connectivity index (χ0) is 10.4. The third-order valence-electron chi connectivity index (χ3n) is 1.78. The van der Waals surface area contributed by atoms with Crippen LogP contribution in [0.3, 0.4) is 0 Å². The van der Waals surface area contributed by atoms with Crippen molar-refractivity contribution in [3.63, 3.8) is 0 Å². The zero-order valence-corrected chi connectivity index (χ0v) is 8.42. The molecule has 76 valence electrons. The summed E-state index contributed by atoms with van der Waals surface area (Å²) in [6.07, 6.45) is 0. The molecular formula is C11H16N2O. The maximum Gasteiger partial charge on any atom is 0.179 e. The Morgan fingerprint density at radius 2 is 2.00 bits per heavy atom. The van der Waals surface area contributed by atoms with Gasteiger partial charge in [-0.2, -0.15) is 0 Å². The van der Waals surface area contributed by atoms with Crippen LogP contribution < -0.4 is 11.1 Å². The zero-order valence-electron chi connectivity index (χ0n) is 8.42. The van der Waals surface area contributed by atoms with E-state index in [1.807, 2.05) is 31.2 Å². The molecule has 1 aliphatic rings. The van der Waals surface area contributed by atoms with Crippen LogP contribution in [0.15, 0.2) is 36.7 Å². The van der Waals surface area contributed by atoms with Gasteiger partial charge in [-0.25, -0.2) is 0 Å². The quantitative estimate of drug-likeness (QED) is 0.614. The van der Waals surface area contributed by atoms with Gasteiger partial charge in [0.05, 0.1) is 6.54 Å². The van der Waals surface area contributed by atoms with E-state index < -0.39 is 0 Å². The number of hydrogen-bond acceptors (Lipinski definition) is 3. The normalized spacial score (nSPS) is 13.6. The number of benzene rings is 1. The molecule has 0 radical (unpaired) electrons. The van der Waals surface area contributed by atoms with E-state index in [0.717, 1.165) is 18.8 Å². The molecule has 1 fully saturated rings. The van der Waals surface area contributed by atoms with Crippen molar-refractivity contribution in [1.29, 1.82) is 0 Å². The van der Waals surface area contributed by atoms with Crippen molar-refractivity contribution in [3.05, 3.63) is 42.3 Å². The van der Waals surface area contributed by atoms with E-state index in [0.29, 0.717) is 5.88 Å². The van der Waals surface area contributed by atoms with Gasteiger partial charge in [0.2, 0.25) is 0 Å². The molecule has 1 aromatic carbocycles. The van der Waals surface area contributed by atoms with Crippen molar-refractivity contribution >= 4 is 5.69 Å². The van der Waals surface area contributed by atoms with Gasteiger partial charge in [0.15, 0.2) is 5.88 Å². The highest BCUT2D eigenvalue weighted by atomic mass is 16.5. The fourth-order valence-corrected chi connectivity index (χ4v) is 0.982. The minimum atomic E-state index is 0.704. The van der Waals surface area contributed by atoms with Crippen LogP contribution in [0.1, 0.15) is 5.56 Å². The largest absolute Gasteiger partial charge is 0.478 e. The van der Waals surface area contributed by atoms with Gasteiger partial charge < -0.3 is 15.8 Å². The maximum atomic E-state index is 5.43. The molecule has 1 aliphatic heterocycles. The third-order valence-corrected chi connectivity index (χ3v) is 1.78. The molecule has 1 saturated heterocycles. The minimum Gasteiger partial charge on any atom is -0.478 e. The van der Waals surface area contributed by atoms with E-state index in [1.165, 1.54) is 5.56 Å². The number of ether oxygens (including phenoxy) is 1. The Hall–Kier alpha value is -1.64. The fourth-order valence-electron chi connectivity index (χ4n) is 0.982. The Bertz CT molecular complexity index is 264. The van der Waals surface area contributed by atoms with E-state index in [-0.39, 0.29) is 0 Å². The molecule has 3 nitrogen and oxygen atoms in total. The summed E-state index contributed by atoms with van der Waals surface area (Å²) in [7, 11) is 0. The maximum absolute atomic E-state index is 5.43. The Labute approximate surface area is 84.6 Å². The average Bonchev–Trinajstić information content (AvgIpc) is 2.63. The highest BCUT2D eigenvalue weighted by Gasteiger charge is 1.98. The summed E-state index contributed by atoms with van der Waals surface area (Å²) in [5.74, 6) is 0.704. The second kappa shape index (κ2) is 5.17. The number of aryl methyl sites for hydroxylation is 1. The first kappa shape index (κ1) is 10.4. The number of nitrogens with one attached hydrogen (secondary N) is 1. The van der Waals surface area contributed by atoms with Crippen LogP contribution in [-0.4, -0.2) is 13.2 Å². The van der Waals surface area contributed by atoms with Gasteiger partial charge in [0.25, 0.3) is 0 Å². The lowest BCUT2D eigenvalue weighted by molar-refractivity contribution is 0.267. The van der Waals surface area contributed by atoms with Gasteiger partial charge in [-0.1, -0.05) is 17.7 Å². The number of nitrogen functional groups attached to an aromatic ring is 1. The smallest absolute Gasteiger partial charge is 0.179 e. The van der Waals surface area contributed by atoms with Crippen molar-refractivity contribution in [2.24, 2.45) is 0 Å². The number of rotatable bonds is 0. The predicted molar refractivity (Wildman–Crippen MR) is 58.7 cm³/mol. The van der Waals surface area contributed by atoms with Crippen LogP contribution >= 0.6 is 0 Å². The molecule has 0 spiro atoms. The van der Waals surface area contributed by atoms with Gasteiger partial charge >= 0.3 is 0 Å². The average molecular weight is 192 g/mol. The second-order valence-electron chi connectivity index (χ2n) is 3.11. The summed E-state index contributed by atoms with van der Waals surface area (Å²) in [6.45, 7) is 7.25. The van der Waals surface area contributed by atoms with Gasteiger partial charge in [-0.3, -0.25) is 0 Å². The van der Waals surface area contributed by atoms with Crippen LogP contribution in [0.25, 0.3) is 0 Å². The van der Waals surface area contributed by atoms with Gasteiger partial charge in [0.1, 0.15) is 6.61 Å². The molecule has 0 saturated carbocycles. The highest BCUT2D eigenvalue weighted by molar-refractivity contribution is 5.38. The van der Waals surface area contributed by atoms with Crippen molar-refractivity contribution in [1.82, 2.24) is 5.32 Å². The first-order valence-corrected chi connectivity index (χ1v) is 4.56. The van der Waals surface area contributed by atoms with Crippen LogP contribution in [-0.2, 0) is 4.74 Å². The van der Waals surface area contributed by atoms with E-state index in [4.69, 9.17) is 10.5 Å². The van der Waals surface area contributed by atoms with Crippen LogP contribution in [0.5, 0.6) is 0 Å². The SMILES string of the molecule is C=C1NCCO1.Cc1ccc(N)cc1. The Morgan fingerprint density at radius 3 is 2.29 bits per heavy atom. The summed E-state index contributed by atoms with van der Waals surface area (Å²) in [4.78, 5) is 0. The van der Waals surface area contributed by atoms with Gasteiger partial charge in [0, 0.05) is 5.69 Å². The molecular weight excluding hydrogens is 176 g/mol. The topological polar surface area (TPSA) is 47.3 Å². The number of nitrogens with two attached hydrogens (primary N) is 1. The fraction of sp³-hybridized carbons (Fsp3) is 0.273. The highest BCUT2D eigenvalue weighted by Crippen LogP contribution is 2.02. The van der Waals surface area contributed by atoms with E-state index in [9.17, 15) is 0 Å². The molecule has 0 bridgehead atoms. The number of hydrogen-bond donors (Lipinski definition) is 2. The second-order valence-corrected chi connectivity index (χ2v) is 3.11. The molecule has 0 amide bonds. The van der Waals surface area contributed by atoms with Crippen LogP contribution in [0, 0.1) is 6.92 Å². The molecule has 14 heavy (non-hydrogen) atoms. The molecule has 0 aromatic heterocycles. The summed E-state index contributed by atoms with van der Waals surface area (Å²) in [5.41, 5.74) is 7.51. The molecule has 1 heterocycles. The molecule has 3 heteroatoms. The lowest BCUT2D eigenvalue weighted by Crippen LogP contribution is -2.02. The summed E-state index contributed by atoms with van der Waals surface area (Å²) < 4.78 is 4.85. The van der Waals surface area contributed by atoms with Crippen LogP contribution in [0.4, 0.5) is 5.69 Å². The number of anilines is 1. The van der Waals surface area contributed by atoms with Crippen LogP contribution in [0.2, 0.25) is 0 Å². The molecule has 1 aromatic rings. The lowest BCUT2D eigenvalue weighted by Gasteiger charge is -1.90. The third kappa shape index (κ3) is 3.85. The predicted octanol–water partition coefficient (Wildman–Crippen LogP) is 1.65. The van der Waals surface area contributed by atoms with Crippen molar-refractivity contribution < 1.29 is 4.74 Å². The summed E-state index contributed by atoms with van der Waals surface area (Å²) in [5, 5.41) is 2.90. The van der Waals surface area contributed by atoms with Gasteiger partial charge in [-0.15, -0.1) is 0 Å². The van der Waals surface area contributed by atoms with E-state index in [1.54, 1.807) is 0 Å². The summed E-state index contributed by atoms with van der Waals surface area (Å²) in [6, 6.07) is 7.79.